The molecule has 2 heterocycles. The number of rotatable bonds is 5. The minimum atomic E-state index is -1.27. The zero-order chi connectivity index (χ0) is 16.2. The highest BCUT2D eigenvalue weighted by Crippen LogP contribution is 2.27. The van der Waals surface area contributed by atoms with Gasteiger partial charge in [-0.1, -0.05) is 30.3 Å². The van der Waals surface area contributed by atoms with Crippen LogP contribution in [0.2, 0.25) is 0 Å². The molecule has 0 aliphatic carbocycles. The fourth-order valence-corrected chi connectivity index (χ4v) is 2.50. The Kier molecular flexibility index (Phi) is 4.47. The lowest BCUT2D eigenvalue weighted by Gasteiger charge is -2.10. The number of esters is 1. The molecule has 0 radical (unpaired) electrons. The number of nitrogens with one attached hydrogen (secondary N) is 1. The Bertz CT molecular complexity index is 623. The second-order valence-corrected chi connectivity index (χ2v) is 5.41. The molecule has 0 bridgehead atoms. The number of hydrogen-bond donors (Lipinski definition) is 2. The molecule has 2 aliphatic heterocycles. The van der Waals surface area contributed by atoms with Gasteiger partial charge in [0.15, 0.2) is 5.76 Å². The van der Waals surface area contributed by atoms with Crippen LogP contribution in [0.1, 0.15) is 18.4 Å². The summed E-state index contributed by atoms with van der Waals surface area (Å²) < 4.78 is 15.9. The fraction of sp³-hybridized carbons (Fsp3) is 0.375. The van der Waals surface area contributed by atoms with Gasteiger partial charge in [-0.2, -0.15) is 0 Å². The molecule has 1 aromatic carbocycles. The minimum absolute atomic E-state index is 0.0867. The first kappa shape index (κ1) is 15.4. The largest absolute Gasteiger partial charge is 0.443 e. The lowest BCUT2D eigenvalue weighted by molar-refractivity contribution is -0.157. The molecule has 1 amide bonds. The third-order valence-corrected chi connectivity index (χ3v) is 3.67. The van der Waals surface area contributed by atoms with Gasteiger partial charge in [0, 0.05) is 6.42 Å². The number of benzene rings is 1. The van der Waals surface area contributed by atoms with Crippen LogP contribution >= 0.6 is 0 Å². The third kappa shape index (κ3) is 3.62. The van der Waals surface area contributed by atoms with Crippen LogP contribution in [0.25, 0.3) is 0 Å². The number of carbonyl (C=O) groups is 2. The van der Waals surface area contributed by atoms with E-state index in [4.69, 9.17) is 19.9 Å². The van der Waals surface area contributed by atoms with Gasteiger partial charge in [0.1, 0.15) is 6.04 Å². The van der Waals surface area contributed by atoms with Crippen LogP contribution in [0.15, 0.2) is 42.0 Å². The molecule has 3 N–H and O–H groups in total. The molecule has 1 fully saturated rings. The van der Waals surface area contributed by atoms with E-state index < -0.39 is 18.2 Å². The lowest BCUT2D eigenvalue weighted by Crippen LogP contribution is -2.33. The Labute approximate surface area is 133 Å². The molecule has 122 valence electrons. The zero-order valence-corrected chi connectivity index (χ0v) is 12.5. The summed E-state index contributed by atoms with van der Waals surface area (Å²) in [5.74, 6) is -1.03. The van der Waals surface area contributed by atoms with Gasteiger partial charge in [0.05, 0.1) is 0 Å². The SMILES string of the molecule is NC(=O)C1OC(Cc2ccccc2)=C(OC(=O)C2CCCN2)O1. The highest BCUT2D eigenvalue weighted by molar-refractivity contribution is 5.79. The molecular weight excluding hydrogens is 300 g/mol. The van der Waals surface area contributed by atoms with Crippen LogP contribution in [-0.4, -0.2) is 30.8 Å². The molecule has 7 nitrogen and oxygen atoms in total. The Balaban J connectivity index is 1.74. The first-order chi connectivity index (χ1) is 11.1. The van der Waals surface area contributed by atoms with Crippen molar-refractivity contribution in [2.24, 2.45) is 5.73 Å². The summed E-state index contributed by atoms with van der Waals surface area (Å²) in [6, 6.07) is 9.08. The van der Waals surface area contributed by atoms with Gasteiger partial charge in [-0.25, -0.2) is 4.79 Å². The lowest BCUT2D eigenvalue weighted by atomic mass is 10.1. The smallest absolute Gasteiger partial charge is 0.330 e. The van der Waals surface area contributed by atoms with Crippen LogP contribution in [0.4, 0.5) is 0 Å². The molecule has 3 rings (SSSR count). The van der Waals surface area contributed by atoms with Crippen molar-refractivity contribution in [3.05, 3.63) is 47.6 Å². The molecule has 1 aromatic rings. The summed E-state index contributed by atoms with van der Waals surface area (Å²) in [6.07, 6.45) is 0.691. The first-order valence-corrected chi connectivity index (χ1v) is 7.48. The van der Waals surface area contributed by atoms with Crippen molar-refractivity contribution in [2.45, 2.75) is 31.6 Å². The molecule has 0 saturated carbocycles. The van der Waals surface area contributed by atoms with Crippen molar-refractivity contribution in [1.82, 2.24) is 5.32 Å². The average Bonchev–Trinajstić information content (AvgIpc) is 3.19. The predicted octanol–water partition coefficient (Wildman–Crippen LogP) is 0.552. The monoisotopic (exact) mass is 318 g/mol. The fourth-order valence-electron chi connectivity index (χ4n) is 2.50. The van der Waals surface area contributed by atoms with E-state index in [-0.39, 0.29) is 17.7 Å². The van der Waals surface area contributed by atoms with Gasteiger partial charge in [-0.05, 0) is 24.9 Å². The summed E-state index contributed by atoms with van der Waals surface area (Å²) in [4.78, 5) is 23.4. The Hall–Kier alpha value is -2.54. The molecule has 7 heteroatoms. The Morgan fingerprint density at radius 3 is 2.70 bits per heavy atom. The van der Waals surface area contributed by atoms with Gasteiger partial charge < -0.3 is 25.3 Å². The van der Waals surface area contributed by atoms with Crippen molar-refractivity contribution < 1.29 is 23.8 Å². The van der Waals surface area contributed by atoms with Crippen molar-refractivity contribution in [2.75, 3.05) is 6.54 Å². The second-order valence-electron chi connectivity index (χ2n) is 5.41. The van der Waals surface area contributed by atoms with Crippen molar-refractivity contribution >= 4 is 11.9 Å². The topological polar surface area (TPSA) is 99.9 Å². The summed E-state index contributed by atoms with van der Waals surface area (Å²) in [5.41, 5.74) is 6.13. The second kappa shape index (κ2) is 6.70. The minimum Gasteiger partial charge on any atom is -0.443 e. The van der Waals surface area contributed by atoms with Crippen molar-refractivity contribution in [3.8, 4) is 0 Å². The van der Waals surface area contributed by atoms with E-state index in [1.54, 1.807) is 0 Å². The standard InChI is InChI=1S/C16H18N2O5/c17-13(19)16-21-12(9-10-5-2-1-3-6-10)15(23-16)22-14(20)11-7-4-8-18-11/h1-3,5-6,11,16,18H,4,7-9H2,(H2,17,19). The van der Waals surface area contributed by atoms with Crippen LogP contribution < -0.4 is 11.1 Å². The van der Waals surface area contributed by atoms with Gasteiger partial charge in [-0.3, -0.25) is 4.79 Å². The van der Waals surface area contributed by atoms with Crippen LogP contribution in [0, 0.1) is 0 Å². The summed E-state index contributed by atoms with van der Waals surface area (Å²) in [6.45, 7) is 0.775. The maximum Gasteiger partial charge on any atom is 0.330 e. The molecule has 2 aliphatic rings. The van der Waals surface area contributed by atoms with Gasteiger partial charge >= 0.3 is 18.2 Å². The maximum absolute atomic E-state index is 12.1. The van der Waals surface area contributed by atoms with Gasteiger partial charge in [-0.15, -0.1) is 0 Å². The van der Waals surface area contributed by atoms with Crippen LogP contribution in [-0.2, 0) is 30.2 Å². The van der Waals surface area contributed by atoms with Crippen molar-refractivity contribution in [1.29, 1.82) is 0 Å². The number of allylic oxidation sites excluding steroid dienone is 1. The van der Waals surface area contributed by atoms with E-state index in [1.165, 1.54) is 0 Å². The molecule has 23 heavy (non-hydrogen) atoms. The van der Waals surface area contributed by atoms with E-state index in [1.807, 2.05) is 30.3 Å². The zero-order valence-electron chi connectivity index (χ0n) is 12.5. The normalized spacial score (nSPS) is 23.3. The molecule has 2 atom stereocenters. The summed E-state index contributed by atoms with van der Waals surface area (Å²) >= 11 is 0. The molecule has 0 aromatic heterocycles. The van der Waals surface area contributed by atoms with E-state index >= 15 is 0 Å². The third-order valence-electron chi connectivity index (χ3n) is 3.67. The van der Waals surface area contributed by atoms with Crippen LogP contribution in [0.5, 0.6) is 0 Å². The van der Waals surface area contributed by atoms with E-state index in [0.717, 1.165) is 18.5 Å². The number of primary amides is 1. The summed E-state index contributed by atoms with van der Waals surface area (Å²) in [5, 5.41) is 3.04. The number of amides is 1. The quantitative estimate of drug-likeness (QED) is 0.769. The number of hydrogen-bond acceptors (Lipinski definition) is 6. The molecular formula is C16H18N2O5. The first-order valence-electron chi connectivity index (χ1n) is 7.48. The summed E-state index contributed by atoms with van der Waals surface area (Å²) in [7, 11) is 0. The van der Waals surface area contributed by atoms with Gasteiger partial charge in [0.2, 0.25) is 0 Å². The van der Waals surface area contributed by atoms with Gasteiger partial charge in [0.25, 0.3) is 5.91 Å². The van der Waals surface area contributed by atoms with E-state index in [9.17, 15) is 9.59 Å². The molecule has 2 unspecified atom stereocenters. The van der Waals surface area contributed by atoms with Crippen molar-refractivity contribution in [3.63, 3.8) is 0 Å². The van der Waals surface area contributed by atoms with E-state index in [2.05, 4.69) is 5.32 Å². The number of nitrogens with two attached hydrogens (primary N) is 1. The highest BCUT2D eigenvalue weighted by atomic mass is 16.8. The Morgan fingerprint density at radius 1 is 1.26 bits per heavy atom. The number of carbonyl (C=O) groups excluding carboxylic acids is 2. The van der Waals surface area contributed by atoms with E-state index in [0.29, 0.717) is 12.8 Å². The molecule has 0 spiro atoms. The molecule has 1 saturated heterocycles. The van der Waals surface area contributed by atoms with Crippen LogP contribution in [0.3, 0.4) is 0 Å². The maximum atomic E-state index is 12.1. The highest BCUT2D eigenvalue weighted by Gasteiger charge is 2.36. The average molecular weight is 318 g/mol. The Morgan fingerprint density at radius 2 is 2.04 bits per heavy atom. The predicted molar refractivity (Wildman–Crippen MR) is 79.4 cm³/mol. The number of ether oxygens (including phenoxy) is 3.